The number of anilines is 1. The molecule has 2 amide bonds. The molecule has 0 unspecified atom stereocenters. The van der Waals surface area contributed by atoms with E-state index in [1.807, 2.05) is 10.9 Å². The van der Waals surface area contributed by atoms with Crippen LogP contribution >= 0.6 is 0 Å². The van der Waals surface area contributed by atoms with E-state index >= 15 is 0 Å². The van der Waals surface area contributed by atoms with E-state index in [9.17, 15) is 4.79 Å². The minimum Gasteiger partial charge on any atom is -0.338 e. The number of carbonyl (C=O) groups excluding carboxylic acids is 1. The minimum atomic E-state index is -0.205. The summed E-state index contributed by atoms with van der Waals surface area (Å²) in [6, 6.07) is 9.93. The minimum absolute atomic E-state index is 0.205. The molecule has 0 spiro atoms. The lowest BCUT2D eigenvalue weighted by Gasteiger charge is -2.05. The number of nitrogens with zero attached hydrogens (tertiary/aromatic N) is 2. The molecule has 1 aromatic carbocycles. The van der Waals surface area contributed by atoms with Crippen molar-refractivity contribution in [3.8, 4) is 0 Å². The van der Waals surface area contributed by atoms with Crippen molar-refractivity contribution in [3.63, 3.8) is 0 Å². The van der Waals surface area contributed by atoms with E-state index in [-0.39, 0.29) is 6.03 Å². The van der Waals surface area contributed by atoms with Crippen molar-refractivity contribution in [2.75, 3.05) is 11.9 Å². The first-order valence-electron chi connectivity index (χ1n) is 7.31. The lowest BCUT2D eigenvalue weighted by atomic mass is 10.1. The van der Waals surface area contributed by atoms with Gasteiger partial charge in [0, 0.05) is 18.8 Å². The second-order valence-electron chi connectivity index (χ2n) is 5.12. The molecule has 0 saturated carbocycles. The maximum atomic E-state index is 11.6. The predicted octanol–water partition coefficient (Wildman–Crippen LogP) is 3.16. The summed E-state index contributed by atoms with van der Waals surface area (Å²) >= 11 is 0. The summed E-state index contributed by atoms with van der Waals surface area (Å²) in [6.07, 6.45) is 3.91. The molecule has 1 heterocycles. The Kier molecular flexibility index (Phi) is 5.37. The van der Waals surface area contributed by atoms with E-state index in [4.69, 9.17) is 0 Å². The second kappa shape index (κ2) is 7.47. The molecule has 0 atom stereocenters. The second-order valence-corrected chi connectivity index (χ2v) is 5.12. The number of amides is 2. The fraction of sp³-hybridized carbons (Fsp3) is 0.375. The van der Waals surface area contributed by atoms with Crippen LogP contribution in [0.5, 0.6) is 0 Å². The van der Waals surface area contributed by atoms with Gasteiger partial charge in [-0.2, -0.15) is 5.10 Å². The van der Waals surface area contributed by atoms with E-state index in [2.05, 4.69) is 53.8 Å². The van der Waals surface area contributed by atoms with Gasteiger partial charge in [-0.3, -0.25) is 10.00 Å². The van der Waals surface area contributed by atoms with Gasteiger partial charge in [-0.05, 0) is 18.9 Å². The summed E-state index contributed by atoms with van der Waals surface area (Å²) in [6.45, 7) is 5.54. The van der Waals surface area contributed by atoms with Crippen LogP contribution in [0.15, 0.2) is 36.5 Å². The van der Waals surface area contributed by atoms with E-state index in [1.165, 1.54) is 11.1 Å². The van der Waals surface area contributed by atoms with Crippen molar-refractivity contribution in [2.45, 2.75) is 33.2 Å². The number of hydrogen-bond donors (Lipinski definition) is 2. The molecule has 0 aliphatic rings. The fourth-order valence-electron chi connectivity index (χ4n) is 1.94. The summed E-state index contributed by atoms with van der Waals surface area (Å²) in [4.78, 5) is 11.6. The van der Waals surface area contributed by atoms with Gasteiger partial charge in [-0.15, -0.1) is 0 Å². The predicted molar refractivity (Wildman–Crippen MR) is 84.4 cm³/mol. The molecule has 0 radical (unpaired) electrons. The Balaban J connectivity index is 1.86. The first kappa shape index (κ1) is 15.1. The highest BCUT2D eigenvalue weighted by molar-refractivity contribution is 5.88. The van der Waals surface area contributed by atoms with Gasteiger partial charge in [0.05, 0.1) is 6.54 Å². The van der Waals surface area contributed by atoms with Crippen molar-refractivity contribution in [3.05, 3.63) is 47.7 Å². The third-order valence-corrected chi connectivity index (χ3v) is 3.16. The fourth-order valence-corrected chi connectivity index (χ4v) is 1.94. The van der Waals surface area contributed by atoms with Crippen LogP contribution in [0.1, 0.15) is 30.9 Å². The summed E-state index contributed by atoms with van der Waals surface area (Å²) in [5.41, 5.74) is 2.42. The molecule has 2 rings (SSSR count). The van der Waals surface area contributed by atoms with Crippen LogP contribution in [-0.4, -0.2) is 22.4 Å². The highest BCUT2D eigenvalue weighted by Gasteiger charge is 2.04. The van der Waals surface area contributed by atoms with Crippen molar-refractivity contribution in [1.82, 2.24) is 15.1 Å². The van der Waals surface area contributed by atoms with E-state index in [0.29, 0.717) is 18.9 Å². The number of hydrogen-bond acceptors (Lipinski definition) is 2. The highest BCUT2D eigenvalue weighted by Crippen LogP contribution is 2.07. The topological polar surface area (TPSA) is 59.0 Å². The zero-order chi connectivity index (χ0) is 15.1. The lowest BCUT2D eigenvalue weighted by Crippen LogP contribution is -2.29. The molecule has 5 heteroatoms. The van der Waals surface area contributed by atoms with Crippen LogP contribution in [0.3, 0.4) is 0 Å². The molecular weight excluding hydrogens is 264 g/mol. The Morgan fingerprint density at radius 2 is 2.00 bits per heavy atom. The largest absolute Gasteiger partial charge is 0.338 e. The van der Waals surface area contributed by atoms with Crippen molar-refractivity contribution in [1.29, 1.82) is 0 Å². The van der Waals surface area contributed by atoms with Crippen molar-refractivity contribution in [2.24, 2.45) is 0 Å². The van der Waals surface area contributed by atoms with Crippen LogP contribution in [0.4, 0.5) is 10.6 Å². The van der Waals surface area contributed by atoms with Crippen LogP contribution in [-0.2, 0) is 6.54 Å². The molecule has 2 N–H and O–H groups in total. The smallest absolute Gasteiger partial charge is 0.320 e. The molecular formula is C16H22N4O. The maximum absolute atomic E-state index is 11.6. The van der Waals surface area contributed by atoms with Gasteiger partial charge in [0.15, 0.2) is 5.82 Å². The Morgan fingerprint density at radius 1 is 1.24 bits per heavy atom. The van der Waals surface area contributed by atoms with Crippen LogP contribution in [0.25, 0.3) is 0 Å². The van der Waals surface area contributed by atoms with Crippen molar-refractivity contribution < 1.29 is 4.79 Å². The lowest BCUT2D eigenvalue weighted by molar-refractivity contribution is 0.252. The molecule has 21 heavy (non-hydrogen) atoms. The third kappa shape index (κ3) is 4.95. The SMILES string of the molecule is CCCCNC(=O)Nc1ccn(Cc2ccc(C)cc2)n1. The van der Waals surface area contributed by atoms with Crippen LogP contribution in [0, 0.1) is 6.92 Å². The number of aryl methyl sites for hydroxylation is 1. The average Bonchev–Trinajstić information content (AvgIpc) is 2.89. The molecule has 0 saturated heterocycles. The monoisotopic (exact) mass is 286 g/mol. The molecule has 0 aliphatic carbocycles. The first-order valence-corrected chi connectivity index (χ1v) is 7.31. The Labute approximate surface area is 125 Å². The number of benzene rings is 1. The number of nitrogens with one attached hydrogen (secondary N) is 2. The molecule has 0 bridgehead atoms. The zero-order valence-corrected chi connectivity index (χ0v) is 12.6. The summed E-state index contributed by atoms with van der Waals surface area (Å²) < 4.78 is 1.81. The standard InChI is InChI=1S/C16H22N4O/c1-3-4-10-17-16(21)18-15-9-11-20(19-15)12-14-7-5-13(2)6-8-14/h5-9,11H,3-4,10,12H2,1-2H3,(H2,17,18,19,21). The number of rotatable bonds is 6. The summed E-state index contributed by atoms with van der Waals surface area (Å²) in [5, 5.41) is 9.87. The molecule has 0 aliphatic heterocycles. The van der Waals surface area contributed by atoms with E-state index in [0.717, 1.165) is 12.8 Å². The van der Waals surface area contributed by atoms with Gasteiger partial charge in [0.1, 0.15) is 0 Å². The van der Waals surface area contributed by atoms with Crippen LogP contribution < -0.4 is 10.6 Å². The molecule has 1 aromatic heterocycles. The number of unbranched alkanes of at least 4 members (excludes halogenated alkanes) is 1. The summed E-state index contributed by atoms with van der Waals surface area (Å²) in [7, 11) is 0. The van der Waals surface area contributed by atoms with E-state index in [1.54, 1.807) is 6.07 Å². The van der Waals surface area contributed by atoms with Gasteiger partial charge in [-0.1, -0.05) is 43.2 Å². The average molecular weight is 286 g/mol. The normalized spacial score (nSPS) is 10.4. The Morgan fingerprint density at radius 3 is 2.71 bits per heavy atom. The summed E-state index contributed by atoms with van der Waals surface area (Å²) in [5.74, 6) is 0.566. The zero-order valence-electron chi connectivity index (χ0n) is 12.6. The molecule has 5 nitrogen and oxygen atoms in total. The van der Waals surface area contributed by atoms with E-state index < -0.39 is 0 Å². The Bertz CT molecular complexity index is 574. The number of urea groups is 1. The third-order valence-electron chi connectivity index (χ3n) is 3.16. The van der Waals surface area contributed by atoms with Gasteiger partial charge >= 0.3 is 6.03 Å². The Hall–Kier alpha value is -2.30. The quantitative estimate of drug-likeness (QED) is 0.801. The van der Waals surface area contributed by atoms with Gasteiger partial charge < -0.3 is 5.32 Å². The van der Waals surface area contributed by atoms with Gasteiger partial charge in [-0.25, -0.2) is 4.79 Å². The number of aromatic nitrogens is 2. The first-order chi connectivity index (χ1) is 10.2. The van der Waals surface area contributed by atoms with Crippen molar-refractivity contribution >= 4 is 11.8 Å². The van der Waals surface area contributed by atoms with Crippen LogP contribution in [0.2, 0.25) is 0 Å². The maximum Gasteiger partial charge on any atom is 0.320 e. The highest BCUT2D eigenvalue weighted by atomic mass is 16.2. The molecule has 0 fully saturated rings. The molecule has 2 aromatic rings. The number of carbonyl (C=O) groups is 1. The molecule has 112 valence electrons. The van der Waals surface area contributed by atoms with Gasteiger partial charge in [0.25, 0.3) is 0 Å². The van der Waals surface area contributed by atoms with Gasteiger partial charge in [0.2, 0.25) is 0 Å².